The van der Waals surface area contributed by atoms with Crippen LogP contribution < -0.4 is 5.73 Å². The molecule has 124 valence electrons. The Morgan fingerprint density at radius 3 is 2.52 bits per heavy atom. The van der Waals surface area contributed by atoms with Crippen molar-refractivity contribution in [2.75, 3.05) is 0 Å². The van der Waals surface area contributed by atoms with E-state index >= 15 is 4.39 Å². The summed E-state index contributed by atoms with van der Waals surface area (Å²) in [5, 5.41) is 9.34. The number of alkyl halides is 1. The Morgan fingerprint density at radius 1 is 1.22 bits per heavy atom. The van der Waals surface area contributed by atoms with Crippen molar-refractivity contribution in [1.82, 2.24) is 4.90 Å². The third-order valence-corrected chi connectivity index (χ3v) is 7.47. The summed E-state index contributed by atoms with van der Waals surface area (Å²) in [6.07, 6.45) is 6.53. The van der Waals surface area contributed by atoms with Gasteiger partial charge in [0.05, 0.1) is 12.1 Å². The predicted octanol–water partition coefficient (Wildman–Crippen LogP) is 2.14. The molecule has 3 unspecified atom stereocenters. The molecule has 6 aliphatic rings. The van der Waals surface area contributed by atoms with Crippen molar-refractivity contribution < 1.29 is 9.18 Å². The number of nitrogens with two attached hydrogens (primary N) is 1. The van der Waals surface area contributed by atoms with Gasteiger partial charge in [0, 0.05) is 6.04 Å². The van der Waals surface area contributed by atoms with Gasteiger partial charge in [-0.25, -0.2) is 4.39 Å². The lowest BCUT2D eigenvalue weighted by Crippen LogP contribution is -2.64. The van der Waals surface area contributed by atoms with Gasteiger partial charge in [-0.2, -0.15) is 5.26 Å². The van der Waals surface area contributed by atoms with Crippen molar-refractivity contribution in [3.63, 3.8) is 0 Å². The van der Waals surface area contributed by atoms with Crippen LogP contribution in [0.4, 0.5) is 4.39 Å². The summed E-state index contributed by atoms with van der Waals surface area (Å²) in [7, 11) is 0. The summed E-state index contributed by atoms with van der Waals surface area (Å²) in [5.74, 6) is 1.23. The molecule has 1 saturated heterocycles. The maximum absolute atomic E-state index is 15.1. The van der Waals surface area contributed by atoms with Crippen LogP contribution in [0.3, 0.4) is 0 Å². The number of amides is 1. The number of nitrogens with zero attached hydrogens (tertiary/aromatic N) is 2. The number of hydrogen-bond acceptors (Lipinski definition) is 3. The Morgan fingerprint density at radius 2 is 1.91 bits per heavy atom. The van der Waals surface area contributed by atoms with E-state index in [-0.39, 0.29) is 23.4 Å². The lowest BCUT2D eigenvalue weighted by molar-refractivity contribution is -0.156. The zero-order chi connectivity index (χ0) is 16.0. The summed E-state index contributed by atoms with van der Waals surface area (Å²) < 4.78 is 15.1. The van der Waals surface area contributed by atoms with E-state index in [1.807, 2.05) is 0 Å². The topological polar surface area (TPSA) is 70.1 Å². The van der Waals surface area contributed by atoms with Crippen LogP contribution in [0.2, 0.25) is 0 Å². The van der Waals surface area contributed by atoms with Gasteiger partial charge in [0.1, 0.15) is 11.7 Å². The highest BCUT2D eigenvalue weighted by molar-refractivity contribution is 5.84. The van der Waals surface area contributed by atoms with E-state index in [9.17, 15) is 10.1 Å². The van der Waals surface area contributed by atoms with Crippen molar-refractivity contribution in [2.45, 2.75) is 75.2 Å². The van der Waals surface area contributed by atoms with E-state index in [1.165, 1.54) is 0 Å². The van der Waals surface area contributed by atoms with Crippen LogP contribution >= 0.6 is 0 Å². The van der Waals surface area contributed by atoms with Crippen molar-refractivity contribution in [3.05, 3.63) is 0 Å². The Hall–Kier alpha value is -1.15. The summed E-state index contributed by atoms with van der Waals surface area (Å²) in [4.78, 5) is 14.9. The first-order chi connectivity index (χ1) is 10.9. The molecule has 5 aliphatic carbocycles. The minimum absolute atomic E-state index is 0.0768. The van der Waals surface area contributed by atoms with Crippen molar-refractivity contribution in [3.8, 4) is 6.07 Å². The average molecular weight is 317 g/mol. The number of carbonyl (C=O) groups excluding carboxylic acids is 1. The Kier molecular flexibility index (Phi) is 2.64. The highest BCUT2D eigenvalue weighted by Gasteiger charge is 2.63. The maximum Gasteiger partial charge on any atom is 0.241 e. The number of carbonyl (C=O) groups is 1. The monoisotopic (exact) mass is 317 g/mol. The van der Waals surface area contributed by atoms with Gasteiger partial charge in [-0.3, -0.25) is 4.79 Å². The zero-order valence-electron chi connectivity index (χ0n) is 13.4. The van der Waals surface area contributed by atoms with E-state index in [0.29, 0.717) is 37.0 Å². The molecule has 1 amide bonds. The molecule has 6 rings (SSSR count). The molecule has 2 N–H and O–H groups in total. The van der Waals surface area contributed by atoms with E-state index in [0.717, 1.165) is 32.1 Å². The fourth-order valence-corrected chi connectivity index (χ4v) is 6.90. The lowest BCUT2D eigenvalue weighted by atomic mass is 9.46. The van der Waals surface area contributed by atoms with Gasteiger partial charge in [-0.1, -0.05) is 0 Å². The van der Waals surface area contributed by atoms with E-state index in [1.54, 1.807) is 4.90 Å². The van der Waals surface area contributed by atoms with Crippen molar-refractivity contribution in [1.29, 1.82) is 5.26 Å². The standard InChI is InChI=1S/C18H24FN3O/c19-18-6-10-1-11(7-18)5-17(4-10,9-18)15(21)16(23)22-13(8-20)2-12-3-14(12)22/h10-15H,1-7,9,21H2/t10?,11?,12-,13+,14?,15-,17?,18?/m1/s1. The number of rotatable bonds is 2. The van der Waals surface area contributed by atoms with Crippen LogP contribution in [0.15, 0.2) is 0 Å². The summed E-state index contributed by atoms with van der Waals surface area (Å²) in [6.45, 7) is 0. The van der Waals surface area contributed by atoms with Crippen molar-refractivity contribution >= 4 is 5.91 Å². The van der Waals surface area contributed by atoms with Gasteiger partial charge in [-0.05, 0) is 74.5 Å². The molecule has 1 heterocycles. The van der Waals surface area contributed by atoms with Crippen LogP contribution in [-0.4, -0.2) is 34.6 Å². The molecule has 0 radical (unpaired) electrons. The van der Waals surface area contributed by atoms with Gasteiger partial charge in [0.2, 0.25) is 5.91 Å². The molecule has 5 saturated carbocycles. The molecular formula is C18H24FN3O. The molecule has 0 aromatic heterocycles. The lowest BCUT2D eigenvalue weighted by Gasteiger charge is -2.60. The maximum atomic E-state index is 15.1. The van der Waals surface area contributed by atoms with Crippen LogP contribution in [-0.2, 0) is 4.79 Å². The fraction of sp³-hybridized carbons (Fsp3) is 0.889. The third-order valence-electron chi connectivity index (χ3n) is 7.47. The first-order valence-corrected chi connectivity index (χ1v) is 9.09. The SMILES string of the molecule is N#C[C@@H]1C[C@@H]2CC2N1C(=O)[C@@H](N)C12CC3CC(CC(F)(C3)C1)C2. The van der Waals surface area contributed by atoms with E-state index < -0.39 is 11.7 Å². The number of likely N-dealkylation sites (tertiary alicyclic amines) is 1. The van der Waals surface area contributed by atoms with E-state index in [2.05, 4.69) is 6.07 Å². The van der Waals surface area contributed by atoms with Gasteiger partial charge in [0.15, 0.2) is 0 Å². The second-order valence-electron chi connectivity index (χ2n) is 9.14. The quantitative estimate of drug-likeness (QED) is 0.848. The first-order valence-electron chi connectivity index (χ1n) is 9.09. The largest absolute Gasteiger partial charge is 0.322 e. The van der Waals surface area contributed by atoms with Crippen LogP contribution in [0.5, 0.6) is 0 Å². The number of hydrogen-bond donors (Lipinski definition) is 1. The molecule has 1 aliphatic heterocycles. The molecular weight excluding hydrogens is 293 g/mol. The first kappa shape index (κ1) is 14.2. The highest BCUT2D eigenvalue weighted by Crippen LogP contribution is 2.64. The van der Waals surface area contributed by atoms with Crippen LogP contribution in [0.1, 0.15) is 51.4 Å². The molecule has 4 nitrogen and oxygen atoms in total. The molecule has 6 atom stereocenters. The normalized spacial score (nSPS) is 53.8. The Balaban J connectivity index is 1.43. The molecule has 4 bridgehead atoms. The highest BCUT2D eigenvalue weighted by atomic mass is 19.1. The number of halogens is 1. The van der Waals surface area contributed by atoms with Gasteiger partial charge in [0.25, 0.3) is 0 Å². The minimum Gasteiger partial charge on any atom is -0.322 e. The second-order valence-corrected chi connectivity index (χ2v) is 9.14. The number of fused-ring (bicyclic) bond motifs is 1. The molecule has 23 heavy (non-hydrogen) atoms. The summed E-state index contributed by atoms with van der Waals surface area (Å²) in [6, 6.07) is 1.56. The van der Waals surface area contributed by atoms with Gasteiger partial charge >= 0.3 is 0 Å². The van der Waals surface area contributed by atoms with E-state index in [4.69, 9.17) is 5.73 Å². The second kappa shape index (κ2) is 4.27. The average Bonchev–Trinajstić information content (AvgIpc) is 3.14. The molecule has 6 fully saturated rings. The summed E-state index contributed by atoms with van der Waals surface area (Å²) in [5.41, 5.74) is 5.03. The Labute approximate surface area is 136 Å². The zero-order valence-corrected chi connectivity index (χ0v) is 13.4. The van der Waals surface area contributed by atoms with Crippen LogP contribution in [0.25, 0.3) is 0 Å². The summed E-state index contributed by atoms with van der Waals surface area (Å²) >= 11 is 0. The number of nitriles is 1. The third kappa shape index (κ3) is 1.88. The smallest absolute Gasteiger partial charge is 0.241 e. The van der Waals surface area contributed by atoms with Crippen LogP contribution in [0, 0.1) is 34.5 Å². The molecule has 0 spiro atoms. The molecule has 0 aromatic carbocycles. The minimum atomic E-state index is -1.09. The predicted molar refractivity (Wildman–Crippen MR) is 81.7 cm³/mol. The van der Waals surface area contributed by atoms with Gasteiger partial charge in [-0.15, -0.1) is 0 Å². The van der Waals surface area contributed by atoms with Crippen molar-refractivity contribution in [2.24, 2.45) is 28.9 Å². The molecule has 5 heteroatoms. The fourth-order valence-electron chi connectivity index (χ4n) is 6.90. The Bertz CT molecular complexity index is 600. The molecule has 0 aromatic rings. The number of piperidine rings is 1. The van der Waals surface area contributed by atoms with Gasteiger partial charge < -0.3 is 10.6 Å².